The van der Waals surface area contributed by atoms with Gasteiger partial charge in [-0.15, -0.1) is 0 Å². The molecule has 24 heavy (non-hydrogen) atoms. The SMILES string of the molecule is Cc1nccc([C@@H]2C[C@H]3CCN(C(=O)c4cccnc4)C[C@@H]3O2)n1. The van der Waals surface area contributed by atoms with Gasteiger partial charge in [0.25, 0.3) is 5.91 Å². The van der Waals surface area contributed by atoms with E-state index in [4.69, 9.17) is 4.74 Å². The number of ether oxygens (including phenoxy) is 1. The Morgan fingerprint density at radius 2 is 2.25 bits per heavy atom. The Morgan fingerprint density at radius 3 is 3.04 bits per heavy atom. The maximum absolute atomic E-state index is 12.6. The van der Waals surface area contributed by atoms with Crippen LogP contribution in [-0.4, -0.2) is 45.0 Å². The van der Waals surface area contributed by atoms with Gasteiger partial charge in [0.15, 0.2) is 0 Å². The molecule has 0 spiro atoms. The first-order valence-electron chi connectivity index (χ1n) is 8.35. The molecule has 6 nitrogen and oxygen atoms in total. The van der Waals surface area contributed by atoms with E-state index in [0.717, 1.165) is 30.9 Å². The number of amides is 1. The summed E-state index contributed by atoms with van der Waals surface area (Å²) < 4.78 is 6.22. The van der Waals surface area contributed by atoms with Crippen LogP contribution in [0.2, 0.25) is 0 Å². The fourth-order valence-corrected chi connectivity index (χ4v) is 3.63. The van der Waals surface area contributed by atoms with Crippen LogP contribution in [0.25, 0.3) is 0 Å². The molecule has 0 aromatic carbocycles. The summed E-state index contributed by atoms with van der Waals surface area (Å²) in [5.74, 6) is 1.29. The van der Waals surface area contributed by atoms with Crippen LogP contribution in [-0.2, 0) is 4.74 Å². The first-order chi connectivity index (χ1) is 11.7. The number of hydrogen-bond donors (Lipinski definition) is 0. The predicted molar refractivity (Wildman–Crippen MR) is 87.2 cm³/mol. The van der Waals surface area contributed by atoms with Crippen molar-refractivity contribution < 1.29 is 9.53 Å². The highest BCUT2D eigenvalue weighted by atomic mass is 16.5. The van der Waals surface area contributed by atoms with Gasteiger partial charge in [-0.3, -0.25) is 9.78 Å². The monoisotopic (exact) mass is 324 g/mol. The number of carbonyl (C=O) groups excluding carboxylic acids is 1. The molecule has 0 aliphatic carbocycles. The van der Waals surface area contributed by atoms with Gasteiger partial charge in [0, 0.05) is 31.7 Å². The molecular weight excluding hydrogens is 304 g/mol. The lowest BCUT2D eigenvalue weighted by atomic mass is 9.91. The van der Waals surface area contributed by atoms with Gasteiger partial charge < -0.3 is 9.64 Å². The van der Waals surface area contributed by atoms with E-state index in [0.29, 0.717) is 18.0 Å². The van der Waals surface area contributed by atoms with Crippen molar-refractivity contribution in [2.45, 2.75) is 32.0 Å². The van der Waals surface area contributed by atoms with E-state index in [1.807, 2.05) is 24.0 Å². The van der Waals surface area contributed by atoms with Crippen LogP contribution < -0.4 is 0 Å². The lowest BCUT2D eigenvalue weighted by molar-refractivity contribution is -0.00569. The molecular formula is C18H20N4O2. The highest BCUT2D eigenvalue weighted by Gasteiger charge is 2.41. The van der Waals surface area contributed by atoms with Gasteiger partial charge in [-0.25, -0.2) is 9.97 Å². The van der Waals surface area contributed by atoms with Gasteiger partial charge >= 0.3 is 0 Å². The van der Waals surface area contributed by atoms with Gasteiger partial charge in [0.2, 0.25) is 0 Å². The smallest absolute Gasteiger partial charge is 0.255 e. The van der Waals surface area contributed by atoms with Crippen molar-refractivity contribution in [3.05, 3.63) is 53.9 Å². The van der Waals surface area contributed by atoms with E-state index >= 15 is 0 Å². The minimum Gasteiger partial charge on any atom is -0.367 e. The van der Waals surface area contributed by atoms with Crippen molar-refractivity contribution in [1.29, 1.82) is 0 Å². The Labute approximate surface area is 140 Å². The number of fused-ring (bicyclic) bond motifs is 1. The number of aryl methyl sites for hydroxylation is 1. The second-order valence-corrected chi connectivity index (χ2v) is 6.47. The molecule has 2 aliphatic rings. The number of hydrogen-bond acceptors (Lipinski definition) is 5. The second kappa shape index (κ2) is 6.28. The summed E-state index contributed by atoms with van der Waals surface area (Å²) in [6.45, 7) is 3.30. The molecule has 2 aliphatic heterocycles. The first-order valence-corrected chi connectivity index (χ1v) is 8.35. The minimum atomic E-state index is 0.00939. The third-order valence-corrected chi connectivity index (χ3v) is 4.87. The number of piperidine rings is 1. The van der Waals surface area contributed by atoms with Crippen molar-refractivity contribution in [3.8, 4) is 0 Å². The lowest BCUT2D eigenvalue weighted by Gasteiger charge is -2.34. The molecule has 0 bridgehead atoms. The largest absolute Gasteiger partial charge is 0.367 e. The highest BCUT2D eigenvalue weighted by Crippen LogP contribution is 2.40. The van der Waals surface area contributed by atoms with Gasteiger partial charge in [-0.2, -0.15) is 0 Å². The Morgan fingerprint density at radius 1 is 1.33 bits per heavy atom. The summed E-state index contributed by atoms with van der Waals surface area (Å²) >= 11 is 0. The second-order valence-electron chi connectivity index (χ2n) is 6.47. The number of likely N-dealkylation sites (tertiary alicyclic amines) is 1. The normalized spacial score (nSPS) is 26.2. The molecule has 4 rings (SSSR count). The van der Waals surface area contributed by atoms with Crippen molar-refractivity contribution >= 4 is 5.91 Å². The van der Waals surface area contributed by atoms with Crippen LogP contribution in [0.5, 0.6) is 0 Å². The Kier molecular flexibility index (Phi) is 3.98. The summed E-state index contributed by atoms with van der Waals surface area (Å²) in [6.07, 6.45) is 7.11. The fourth-order valence-electron chi connectivity index (χ4n) is 3.63. The Balaban J connectivity index is 1.45. The molecule has 3 atom stereocenters. The summed E-state index contributed by atoms with van der Waals surface area (Å²) in [7, 11) is 0. The Bertz CT molecular complexity index is 737. The molecule has 1 amide bonds. The molecule has 4 heterocycles. The third kappa shape index (κ3) is 2.89. The standard InChI is InChI=1S/C18H20N4O2/c1-12-20-7-4-15(21-12)16-9-13-5-8-22(11-17(13)24-16)18(23)14-3-2-6-19-10-14/h2-4,6-7,10,13,16-17H,5,8-9,11H2,1H3/t13-,16+,17+/m1/s1. The predicted octanol–water partition coefficient (Wildman–Crippen LogP) is 2.17. The lowest BCUT2D eigenvalue weighted by Crippen LogP contribution is -2.45. The molecule has 124 valence electrons. The van der Waals surface area contributed by atoms with Crippen molar-refractivity contribution in [3.63, 3.8) is 0 Å². The van der Waals surface area contributed by atoms with Crippen LogP contribution in [0.15, 0.2) is 36.8 Å². The molecule has 2 saturated heterocycles. The molecule has 0 saturated carbocycles. The van der Waals surface area contributed by atoms with Crippen molar-refractivity contribution in [1.82, 2.24) is 19.9 Å². The third-order valence-electron chi connectivity index (χ3n) is 4.87. The van der Waals surface area contributed by atoms with Crippen LogP contribution in [0.3, 0.4) is 0 Å². The average molecular weight is 324 g/mol. The van der Waals surface area contributed by atoms with Gasteiger partial charge in [0.1, 0.15) is 11.9 Å². The molecule has 0 unspecified atom stereocenters. The quantitative estimate of drug-likeness (QED) is 0.847. The molecule has 6 heteroatoms. The molecule has 2 fully saturated rings. The number of carbonyl (C=O) groups is 1. The number of pyridine rings is 1. The first kappa shape index (κ1) is 15.2. The Hall–Kier alpha value is -2.34. The highest BCUT2D eigenvalue weighted by molar-refractivity contribution is 5.93. The van der Waals surface area contributed by atoms with Gasteiger partial charge in [0.05, 0.1) is 17.4 Å². The maximum Gasteiger partial charge on any atom is 0.255 e. The zero-order valence-corrected chi connectivity index (χ0v) is 13.6. The number of aromatic nitrogens is 3. The minimum absolute atomic E-state index is 0.00939. The van der Waals surface area contributed by atoms with Crippen LogP contribution in [0, 0.1) is 12.8 Å². The van der Waals surface area contributed by atoms with E-state index < -0.39 is 0 Å². The topological polar surface area (TPSA) is 68.2 Å². The fraction of sp³-hybridized carbons (Fsp3) is 0.444. The summed E-state index contributed by atoms with van der Waals surface area (Å²) in [4.78, 5) is 27.1. The van der Waals surface area contributed by atoms with Gasteiger partial charge in [-0.05, 0) is 43.9 Å². The maximum atomic E-state index is 12.6. The van der Waals surface area contributed by atoms with Crippen LogP contribution >= 0.6 is 0 Å². The average Bonchev–Trinajstić information content (AvgIpc) is 3.05. The molecule has 2 aromatic rings. The van der Waals surface area contributed by atoms with E-state index in [2.05, 4.69) is 15.0 Å². The van der Waals surface area contributed by atoms with E-state index in [1.165, 1.54) is 0 Å². The molecule has 2 aromatic heterocycles. The zero-order valence-electron chi connectivity index (χ0n) is 13.6. The number of nitrogens with zero attached hydrogens (tertiary/aromatic N) is 4. The van der Waals surface area contributed by atoms with E-state index in [-0.39, 0.29) is 18.1 Å². The zero-order chi connectivity index (χ0) is 16.5. The van der Waals surface area contributed by atoms with Crippen molar-refractivity contribution in [2.75, 3.05) is 13.1 Å². The van der Waals surface area contributed by atoms with Crippen LogP contribution in [0.1, 0.15) is 40.8 Å². The number of rotatable bonds is 2. The van der Waals surface area contributed by atoms with E-state index in [9.17, 15) is 4.79 Å². The van der Waals surface area contributed by atoms with E-state index in [1.54, 1.807) is 24.7 Å². The molecule has 0 N–H and O–H groups in total. The molecule has 0 radical (unpaired) electrons. The van der Waals surface area contributed by atoms with Crippen LogP contribution in [0.4, 0.5) is 0 Å². The van der Waals surface area contributed by atoms with Crippen molar-refractivity contribution in [2.24, 2.45) is 5.92 Å². The summed E-state index contributed by atoms with van der Waals surface area (Å²) in [5, 5.41) is 0. The van der Waals surface area contributed by atoms with Gasteiger partial charge in [-0.1, -0.05) is 0 Å². The summed E-state index contributed by atoms with van der Waals surface area (Å²) in [6, 6.07) is 5.52. The summed E-state index contributed by atoms with van der Waals surface area (Å²) in [5.41, 5.74) is 1.58.